The summed E-state index contributed by atoms with van der Waals surface area (Å²) in [5.74, 6) is 4.27. The second kappa shape index (κ2) is 11.0. The van der Waals surface area contributed by atoms with Gasteiger partial charge in [0.05, 0.1) is 11.2 Å². The second-order valence-electron chi connectivity index (χ2n) is 10.1. The maximum Gasteiger partial charge on any atom is 0.330 e. The van der Waals surface area contributed by atoms with Crippen LogP contribution in [0.4, 0.5) is 0 Å². The first-order valence-corrected chi connectivity index (χ1v) is 14.1. The van der Waals surface area contributed by atoms with Gasteiger partial charge in [0.25, 0.3) is 0 Å². The van der Waals surface area contributed by atoms with E-state index in [2.05, 4.69) is 44.0 Å². The highest BCUT2D eigenvalue weighted by atomic mass is 32.2. The van der Waals surface area contributed by atoms with Gasteiger partial charge in [-0.1, -0.05) is 33.3 Å². The van der Waals surface area contributed by atoms with Crippen LogP contribution in [0.1, 0.15) is 90.9 Å². The van der Waals surface area contributed by atoms with Crippen LogP contribution >= 0.6 is 23.5 Å². The van der Waals surface area contributed by atoms with E-state index in [1.54, 1.807) is 0 Å². The fourth-order valence-electron chi connectivity index (χ4n) is 6.88. The highest BCUT2D eigenvalue weighted by Crippen LogP contribution is 2.67. The van der Waals surface area contributed by atoms with E-state index >= 15 is 0 Å². The van der Waals surface area contributed by atoms with Crippen LogP contribution in [0.3, 0.4) is 0 Å². The molecule has 29 heavy (non-hydrogen) atoms. The van der Waals surface area contributed by atoms with Crippen LogP contribution in [0.25, 0.3) is 0 Å². The highest BCUT2D eigenvalue weighted by molar-refractivity contribution is 8.17. The van der Waals surface area contributed by atoms with Crippen molar-refractivity contribution in [3.05, 3.63) is 12.7 Å². The summed E-state index contributed by atoms with van der Waals surface area (Å²) in [4.78, 5) is 11.5. The Morgan fingerprint density at radius 2 is 1.72 bits per heavy atom. The molecule has 0 aromatic carbocycles. The van der Waals surface area contributed by atoms with Gasteiger partial charge >= 0.3 is 5.97 Å². The predicted molar refractivity (Wildman–Crippen MR) is 128 cm³/mol. The molecule has 4 aliphatic carbocycles. The molecule has 4 saturated carbocycles. The van der Waals surface area contributed by atoms with Crippen molar-refractivity contribution >= 4 is 29.5 Å². The zero-order valence-electron chi connectivity index (χ0n) is 18.8. The molecule has 2 nitrogen and oxygen atoms in total. The molecule has 0 radical (unpaired) electrons. The van der Waals surface area contributed by atoms with E-state index < -0.39 is 0 Å². The third-order valence-corrected chi connectivity index (χ3v) is 10.6. The molecule has 0 N–H and O–H groups in total. The zero-order chi connectivity index (χ0) is 20.7. The number of hydrogen-bond donors (Lipinski definition) is 0. The summed E-state index contributed by atoms with van der Waals surface area (Å²) in [5, 5.41) is 0. The van der Waals surface area contributed by atoms with Gasteiger partial charge in [0, 0.05) is 6.08 Å². The van der Waals surface area contributed by atoms with Crippen molar-refractivity contribution in [3.8, 4) is 0 Å². The fraction of sp³-hybridized carbons (Fsp3) is 0.880. The summed E-state index contributed by atoms with van der Waals surface area (Å²) in [6.45, 7) is 8.73. The van der Waals surface area contributed by atoms with E-state index in [1.165, 1.54) is 88.2 Å². The Bertz CT molecular complexity index is 533. The molecule has 0 heterocycles. The molecular weight excluding hydrogens is 396 g/mol. The van der Waals surface area contributed by atoms with Gasteiger partial charge in [0.15, 0.2) is 0 Å². The predicted octanol–water partition coefficient (Wildman–Crippen LogP) is 7.48. The topological polar surface area (TPSA) is 26.3 Å². The summed E-state index contributed by atoms with van der Waals surface area (Å²) in [7, 11) is 0. The monoisotopic (exact) mass is 438 g/mol. The summed E-state index contributed by atoms with van der Waals surface area (Å²) < 4.78 is 6.18. The Morgan fingerprint density at radius 3 is 2.34 bits per heavy atom. The van der Waals surface area contributed by atoms with Crippen LogP contribution in [0.2, 0.25) is 0 Å². The number of esters is 1. The van der Waals surface area contributed by atoms with Crippen molar-refractivity contribution in [2.45, 2.75) is 95.5 Å². The SMILES string of the molecule is C=CC(=O)OCCC12CC3CC(C1)CC(CCSC(CCC)SCCCC)(C3)C2. The number of ether oxygens (including phenoxy) is 1. The largest absolute Gasteiger partial charge is 0.463 e. The smallest absolute Gasteiger partial charge is 0.330 e. The van der Waals surface area contributed by atoms with Crippen molar-refractivity contribution in [1.29, 1.82) is 0 Å². The lowest BCUT2D eigenvalue weighted by molar-refractivity contribution is -0.144. The van der Waals surface area contributed by atoms with Crippen LogP contribution in [0.15, 0.2) is 12.7 Å². The van der Waals surface area contributed by atoms with Crippen molar-refractivity contribution < 1.29 is 9.53 Å². The average Bonchev–Trinajstić information content (AvgIpc) is 2.66. The van der Waals surface area contributed by atoms with Gasteiger partial charge in [0.1, 0.15) is 0 Å². The fourth-order valence-corrected chi connectivity index (χ4v) is 10.2. The number of unbranched alkanes of at least 4 members (excludes halogenated alkanes) is 1. The van der Waals surface area contributed by atoms with Gasteiger partial charge in [-0.15, -0.1) is 23.5 Å². The molecule has 0 saturated heterocycles. The summed E-state index contributed by atoms with van der Waals surface area (Å²) in [5.41, 5.74) is 1.04. The Morgan fingerprint density at radius 1 is 1.07 bits per heavy atom. The quantitative estimate of drug-likeness (QED) is 0.122. The summed E-state index contributed by atoms with van der Waals surface area (Å²) in [6.07, 6.45) is 17.7. The molecule has 3 atom stereocenters. The third kappa shape index (κ3) is 6.45. The summed E-state index contributed by atoms with van der Waals surface area (Å²) >= 11 is 4.46. The van der Waals surface area contributed by atoms with Crippen molar-refractivity contribution in [3.63, 3.8) is 0 Å². The Hall–Kier alpha value is -0.0900. The minimum Gasteiger partial charge on any atom is -0.463 e. The Labute approximate surface area is 187 Å². The Balaban J connectivity index is 1.52. The maximum absolute atomic E-state index is 11.5. The molecule has 4 aliphatic rings. The van der Waals surface area contributed by atoms with E-state index in [0.29, 0.717) is 17.4 Å². The normalized spacial score (nSPS) is 33.6. The molecule has 4 rings (SSSR count). The number of hydrogen-bond acceptors (Lipinski definition) is 4. The Kier molecular flexibility index (Phi) is 8.92. The first kappa shape index (κ1) is 23.6. The molecule has 4 bridgehead atoms. The number of carbonyl (C=O) groups is 1. The molecule has 0 aromatic heterocycles. The number of rotatable bonds is 14. The first-order chi connectivity index (χ1) is 14.0. The lowest BCUT2D eigenvalue weighted by atomic mass is 9.43. The van der Waals surface area contributed by atoms with Crippen molar-refractivity contribution in [2.24, 2.45) is 22.7 Å². The lowest BCUT2D eigenvalue weighted by Gasteiger charge is -2.62. The van der Waals surface area contributed by atoms with Gasteiger partial charge in [-0.3, -0.25) is 0 Å². The van der Waals surface area contributed by atoms with E-state index in [1.807, 2.05) is 0 Å². The van der Waals surface area contributed by atoms with Crippen LogP contribution in [-0.2, 0) is 9.53 Å². The minimum absolute atomic E-state index is 0.261. The molecule has 0 aliphatic heterocycles. The van der Waals surface area contributed by atoms with Gasteiger partial charge < -0.3 is 4.74 Å². The molecule has 4 fully saturated rings. The van der Waals surface area contributed by atoms with E-state index in [0.717, 1.165) is 22.8 Å². The zero-order valence-corrected chi connectivity index (χ0v) is 20.4. The van der Waals surface area contributed by atoms with Gasteiger partial charge in [-0.2, -0.15) is 0 Å². The minimum atomic E-state index is -0.261. The second-order valence-corrected chi connectivity index (χ2v) is 13.1. The summed E-state index contributed by atoms with van der Waals surface area (Å²) in [6, 6.07) is 0. The van der Waals surface area contributed by atoms with Crippen molar-refractivity contribution in [1.82, 2.24) is 0 Å². The van der Waals surface area contributed by atoms with Gasteiger partial charge in [0.2, 0.25) is 0 Å². The lowest BCUT2D eigenvalue weighted by Crippen LogP contribution is -2.52. The maximum atomic E-state index is 11.5. The molecule has 0 spiro atoms. The van der Waals surface area contributed by atoms with Gasteiger partial charge in [-0.05, 0) is 98.4 Å². The molecule has 4 heteroatoms. The van der Waals surface area contributed by atoms with Crippen LogP contribution in [0.5, 0.6) is 0 Å². The third-order valence-electron chi connectivity index (χ3n) is 7.61. The van der Waals surface area contributed by atoms with E-state index in [-0.39, 0.29) is 5.97 Å². The van der Waals surface area contributed by atoms with E-state index in [9.17, 15) is 4.79 Å². The standard InChI is InChI=1S/C25H42O2S2/c1-4-7-12-28-23(8-5-2)29-13-10-25-17-20-14-21(18-25)16-24(15-20,19-25)9-11-27-22(26)6-3/h6,20-21,23H,3-5,7-19H2,1-2H3. The van der Waals surface area contributed by atoms with Gasteiger partial charge in [-0.25, -0.2) is 4.79 Å². The molecule has 0 aromatic rings. The van der Waals surface area contributed by atoms with E-state index in [4.69, 9.17) is 4.74 Å². The average molecular weight is 439 g/mol. The molecular formula is C25H42O2S2. The van der Waals surface area contributed by atoms with Crippen LogP contribution < -0.4 is 0 Å². The molecule has 0 amide bonds. The van der Waals surface area contributed by atoms with Crippen molar-refractivity contribution in [2.75, 3.05) is 18.1 Å². The van der Waals surface area contributed by atoms with Crippen LogP contribution in [0, 0.1) is 22.7 Å². The number of thioether (sulfide) groups is 2. The van der Waals surface area contributed by atoms with Crippen LogP contribution in [-0.4, -0.2) is 28.7 Å². The first-order valence-electron chi connectivity index (χ1n) is 12.0. The number of carbonyl (C=O) groups excluding carboxylic acids is 1. The molecule has 166 valence electrons. The highest BCUT2D eigenvalue weighted by Gasteiger charge is 2.56. The molecule has 3 unspecified atom stereocenters.